The van der Waals surface area contributed by atoms with Crippen LogP contribution in [0.4, 0.5) is 5.13 Å². The maximum absolute atomic E-state index is 13.3. The van der Waals surface area contributed by atoms with E-state index >= 15 is 0 Å². The Kier molecular flexibility index (Phi) is 8.38. The highest BCUT2D eigenvalue weighted by Gasteiger charge is 2.54. The number of amides is 2. The normalized spacial score (nSPS) is 18.5. The van der Waals surface area contributed by atoms with Crippen molar-refractivity contribution in [2.75, 3.05) is 17.2 Å². The van der Waals surface area contributed by atoms with E-state index < -0.39 is 47.0 Å². The summed E-state index contributed by atoms with van der Waals surface area (Å²) in [6.07, 6.45) is 0.774. The van der Waals surface area contributed by atoms with Gasteiger partial charge in [-0.05, 0) is 24.0 Å². The minimum atomic E-state index is -1.26. The number of carboxylic acid groups (broad SMARTS) is 1. The number of aryl methyl sites for hydroxylation is 1. The number of nitrogens with two attached hydrogens (primary N) is 1. The summed E-state index contributed by atoms with van der Waals surface area (Å²) in [6.45, 7) is 1.28. The molecule has 220 valence electrons. The SMILES string of the molecule is Cc1nsc(SCC2=C(C(=O)O)N3C(=O)[C@@H](NC(=O)/C(=N/OCc4cc(=O)c(O)cn4O)c4csc(N)n4)[C@H]3SC2)n1. The van der Waals surface area contributed by atoms with Crippen LogP contribution in [-0.4, -0.2) is 85.8 Å². The number of anilines is 1. The Morgan fingerprint density at radius 3 is 2.79 bits per heavy atom. The second-order valence-corrected chi connectivity index (χ2v) is 12.6. The van der Waals surface area contributed by atoms with Crippen molar-refractivity contribution in [2.45, 2.75) is 29.3 Å². The summed E-state index contributed by atoms with van der Waals surface area (Å²) in [5.41, 5.74) is 4.97. The van der Waals surface area contributed by atoms with Crippen molar-refractivity contribution in [3.8, 4) is 5.75 Å². The third kappa shape index (κ3) is 5.91. The third-order valence-electron chi connectivity index (χ3n) is 5.85. The molecule has 0 bridgehead atoms. The molecule has 0 unspecified atom stereocenters. The molecule has 2 amide bonds. The number of hydrogen-bond donors (Lipinski definition) is 5. The number of fused-ring (bicyclic) bond motifs is 1. The molecule has 1 fully saturated rings. The van der Waals surface area contributed by atoms with Crippen LogP contribution in [-0.2, 0) is 25.8 Å². The number of carboxylic acids is 1. The largest absolute Gasteiger partial charge is 0.503 e. The third-order valence-corrected chi connectivity index (χ3v) is 9.88. The summed E-state index contributed by atoms with van der Waals surface area (Å²) in [4.78, 5) is 64.9. The number of aliphatic carboxylic acids is 1. The van der Waals surface area contributed by atoms with Gasteiger partial charge in [0.1, 0.15) is 34.3 Å². The van der Waals surface area contributed by atoms with Crippen LogP contribution in [0, 0.1) is 6.92 Å². The molecule has 3 aromatic heterocycles. The number of hydrogen-bond acceptors (Lipinski definition) is 16. The van der Waals surface area contributed by atoms with Crippen molar-refractivity contribution in [1.29, 1.82) is 0 Å². The van der Waals surface area contributed by atoms with Crippen LogP contribution in [0.3, 0.4) is 0 Å². The van der Waals surface area contributed by atoms with E-state index in [0.29, 0.717) is 32.0 Å². The fraction of sp³-hybridized carbons (Fsp3) is 0.273. The predicted molar refractivity (Wildman–Crippen MR) is 152 cm³/mol. The minimum Gasteiger partial charge on any atom is -0.503 e. The summed E-state index contributed by atoms with van der Waals surface area (Å²) >= 11 is 4.87. The van der Waals surface area contributed by atoms with Gasteiger partial charge in [0.25, 0.3) is 11.8 Å². The number of carbonyl (C=O) groups is 3. The zero-order valence-corrected chi connectivity index (χ0v) is 24.6. The fourth-order valence-electron chi connectivity index (χ4n) is 3.91. The molecule has 2 atom stereocenters. The second-order valence-electron chi connectivity index (χ2n) is 8.66. The molecule has 3 aromatic rings. The van der Waals surface area contributed by atoms with E-state index in [-0.39, 0.29) is 27.9 Å². The summed E-state index contributed by atoms with van der Waals surface area (Å²) < 4.78 is 5.25. The van der Waals surface area contributed by atoms with E-state index in [2.05, 4.69) is 24.8 Å². The lowest BCUT2D eigenvalue weighted by Gasteiger charge is -2.49. The lowest BCUT2D eigenvalue weighted by molar-refractivity contribution is -0.150. The standard InChI is InChI=1S/C22H20N8O8S4/c1-8-24-22(42-28-8)41-6-9-5-39-19-15(18(34)30(19)16(9)20(35)36)26-17(33)14(11-7-40-21(23)25-11)27-38-4-10-2-12(31)13(32)3-29(10)37/h2-3,7,15,19,32,37H,4-6H2,1H3,(H2,23,25)(H,26,33)(H,35,36)/b27-14+/t15-,19-/m1/s1. The van der Waals surface area contributed by atoms with Gasteiger partial charge in [-0.15, -0.1) is 23.1 Å². The number of nitrogens with one attached hydrogen (secondary N) is 1. The van der Waals surface area contributed by atoms with Crippen LogP contribution in [0.25, 0.3) is 0 Å². The molecule has 0 radical (unpaired) electrons. The number of thiazole rings is 1. The van der Waals surface area contributed by atoms with Crippen molar-refractivity contribution >= 4 is 75.0 Å². The highest BCUT2D eigenvalue weighted by molar-refractivity contribution is 8.01. The van der Waals surface area contributed by atoms with Crippen molar-refractivity contribution in [3.05, 3.63) is 56.3 Å². The van der Waals surface area contributed by atoms with Gasteiger partial charge < -0.3 is 31.3 Å². The van der Waals surface area contributed by atoms with Gasteiger partial charge in [0, 0.05) is 23.0 Å². The van der Waals surface area contributed by atoms with Crippen molar-refractivity contribution in [2.24, 2.45) is 5.16 Å². The van der Waals surface area contributed by atoms with Crippen molar-refractivity contribution in [1.82, 2.24) is 29.3 Å². The maximum Gasteiger partial charge on any atom is 0.352 e. The summed E-state index contributed by atoms with van der Waals surface area (Å²) in [5.74, 6) is -2.16. The lowest BCUT2D eigenvalue weighted by atomic mass is 10.0. The van der Waals surface area contributed by atoms with E-state index in [9.17, 15) is 34.6 Å². The maximum atomic E-state index is 13.3. The zero-order valence-electron chi connectivity index (χ0n) is 21.3. The van der Waals surface area contributed by atoms with Crippen LogP contribution in [0.1, 0.15) is 17.2 Å². The molecule has 5 rings (SSSR count). The van der Waals surface area contributed by atoms with Crippen LogP contribution in [0.2, 0.25) is 0 Å². The molecule has 0 aromatic carbocycles. The van der Waals surface area contributed by atoms with E-state index in [1.165, 1.54) is 40.4 Å². The Bertz CT molecular complexity index is 1700. The molecule has 0 saturated carbocycles. The smallest absolute Gasteiger partial charge is 0.352 e. The number of rotatable bonds is 10. The molecular formula is C22H20N8O8S4. The van der Waals surface area contributed by atoms with Crippen LogP contribution < -0.4 is 16.5 Å². The summed E-state index contributed by atoms with van der Waals surface area (Å²) in [6, 6.07) is -0.138. The second kappa shape index (κ2) is 12.0. The van der Waals surface area contributed by atoms with E-state index in [1.54, 1.807) is 6.92 Å². The minimum absolute atomic E-state index is 0.0411. The number of aromatic nitrogens is 4. The van der Waals surface area contributed by atoms with Gasteiger partial charge in [0.2, 0.25) is 5.43 Å². The number of pyridine rings is 1. The molecular weight excluding hydrogens is 633 g/mol. The first kappa shape index (κ1) is 29.4. The van der Waals surface area contributed by atoms with E-state index in [4.69, 9.17) is 10.6 Å². The van der Waals surface area contributed by atoms with Gasteiger partial charge in [-0.2, -0.15) is 9.10 Å². The number of β-lactam (4-membered cyclic amide) rings is 1. The molecule has 42 heavy (non-hydrogen) atoms. The van der Waals surface area contributed by atoms with Crippen LogP contribution >= 0.6 is 46.4 Å². The fourth-order valence-corrected chi connectivity index (χ4v) is 7.59. The van der Waals surface area contributed by atoms with E-state index in [1.807, 2.05) is 0 Å². The molecule has 1 saturated heterocycles. The van der Waals surface area contributed by atoms with Gasteiger partial charge in [0.15, 0.2) is 27.5 Å². The average Bonchev–Trinajstić information content (AvgIpc) is 3.57. The topological polar surface area (TPSA) is 235 Å². The van der Waals surface area contributed by atoms with Crippen molar-refractivity contribution < 1.29 is 34.6 Å². The molecule has 6 N–H and O–H groups in total. The predicted octanol–water partition coefficient (Wildman–Crippen LogP) is 0.442. The quantitative estimate of drug-likeness (QED) is 0.0657. The molecule has 5 heterocycles. The summed E-state index contributed by atoms with van der Waals surface area (Å²) in [7, 11) is 0. The molecule has 0 spiro atoms. The lowest BCUT2D eigenvalue weighted by Crippen LogP contribution is -2.71. The van der Waals surface area contributed by atoms with Gasteiger partial charge in [-0.25, -0.2) is 14.8 Å². The Hall–Kier alpha value is -4.14. The number of nitrogen functional groups attached to an aromatic ring is 1. The first-order valence-corrected chi connectivity index (χ1v) is 15.4. The van der Waals surface area contributed by atoms with Gasteiger partial charge in [-0.1, -0.05) is 16.9 Å². The molecule has 2 aliphatic rings. The molecule has 16 nitrogen and oxygen atoms in total. The summed E-state index contributed by atoms with van der Waals surface area (Å²) in [5, 5.41) is 36.5. The molecule has 0 aliphatic carbocycles. The number of oxime groups is 1. The molecule has 2 aliphatic heterocycles. The number of carbonyl (C=O) groups excluding carboxylic acids is 2. The highest BCUT2D eigenvalue weighted by atomic mass is 32.2. The van der Waals surface area contributed by atoms with Gasteiger partial charge >= 0.3 is 5.97 Å². The number of aromatic hydroxyl groups is 1. The average molecular weight is 653 g/mol. The zero-order chi connectivity index (χ0) is 30.1. The highest BCUT2D eigenvalue weighted by Crippen LogP contribution is 2.41. The Labute approximate surface area is 252 Å². The van der Waals surface area contributed by atoms with Crippen LogP contribution in [0.15, 0.2) is 43.2 Å². The number of thioether (sulfide) groups is 2. The monoisotopic (exact) mass is 652 g/mol. The Morgan fingerprint density at radius 1 is 1.33 bits per heavy atom. The van der Waals surface area contributed by atoms with Crippen molar-refractivity contribution in [3.63, 3.8) is 0 Å². The first-order chi connectivity index (χ1) is 20.0. The number of nitrogens with zero attached hydrogens (tertiary/aromatic N) is 6. The van der Waals surface area contributed by atoms with Gasteiger partial charge in [0.05, 0.1) is 6.20 Å². The first-order valence-electron chi connectivity index (χ1n) is 11.7. The van der Waals surface area contributed by atoms with Crippen LogP contribution in [0.5, 0.6) is 5.75 Å². The van der Waals surface area contributed by atoms with Gasteiger partial charge in [-0.3, -0.25) is 19.3 Å². The molecule has 20 heteroatoms. The Morgan fingerprint density at radius 2 is 2.12 bits per heavy atom. The van der Waals surface area contributed by atoms with E-state index in [0.717, 1.165) is 28.5 Å². The Balaban J connectivity index is 1.31.